The summed E-state index contributed by atoms with van der Waals surface area (Å²) in [6.07, 6.45) is 0.955. The Morgan fingerprint density at radius 1 is 1.47 bits per heavy atom. The Morgan fingerprint density at radius 3 is 2.84 bits per heavy atom. The number of benzene rings is 1. The van der Waals surface area contributed by atoms with Gasteiger partial charge in [-0.1, -0.05) is 24.3 Å². The number of carbonyl (C=O) groups is 1. The van der Waals surface area contributed by atoms with E-state index < -0.39 is 0 Å². The molecule has 1 aromatic carbocycles. The molecule has 1 amide bonds. The van der Waals surface area contributed by atoms with Gasteiger partial charge in [0.2, 0.25) is 5.91 Å². The number of aliphatic hydroxyl groups is 1. The molecule has 19 heavy (non-hydrogen) atoms. The van der Waals surface area contributed by atoms with E-state index in [1.54, 1.807) is 6.92 Å². The minimum Gasteiger partial charge on any atom is -0.393 e. The molecule has 3 N–H and O–H groups in total. The molecule has 2 rings (SSSR count). The summed E-state index contributed by atoms with van der Waals surface area (Å²) in [5, 5.41) is 15.2. The Labute approximate surface area is 120 Å². The Hall–Kier alpha value is -1.10. The average molecular weight is 285 g/mol. The molecule has 1 aliphatic heterocycles. The first-order chi connectivity index (χ1) is 8.66. The van der Waals surface area contributed by atoms with Gasteiger partial charge in [-0.15, -0.1) is 12.4 Å². The second-order valence-corrected chi connectivity index (χ2v) is 4.84. The second-order valence-electron chi connectivity index (χ2n) is 4.84. The highest BCUT2D eigenvalue weighted by Gasteiger charge is 2.23. The van der Waals surface area contributed by atoms with Crippen LogP contribution < -0.4 is 10.6 Å². The third-order valence-electron chi connectivity index (χ3n) is 3.26. The van der Waals surface area contributed by atoms with Crippen molar-refractivity contribution in [3.63, 3.8) is 0 Å². The number of aliphatic hydroxyl groups excluding tert-OH is 1. The minimum absolute atomic E-state index is 0. The third-order valence-corrected chi connectivity index (χ3v) is 3.26. The Bertz CT molecular complexity index is 424. The molecule has 2 atom stereocenters. The van der Waals surface area contributed by atoms with Gasteiger partial charge in [0, 0.05) is 13.1 Å². The summed E-state index contributed by atoms with van der Waals surface area (Å²) in [4.78, 5) is 11.9. The van der Waals surface area contributed by atoms with Crippen LogP contribution in [-0.2, 0) is 17.8 Å². The van der Waals surface area contributed by atoms with Gasteiger partial charge in [-0.25, -0.2) is 0 Å². The smallest absolute Gasteiger partial charge is 0.237 e. The van der Waals surface area contributed by atoms with E-state index in [1.807, 2.05) is 12.1 Å². The highest BCUT2D eigenvalue weighted by molar-refractivity contribution is 5.85. The van der Waals surface area contributed by atoms with Crippen molar-refractivity contribution in [1.82, 2.24) is 10.6 Å². The number of rotatable bonds is 4. The largest absolute Gasteiger partial charge is 0.393 e. The fourth-order valence-electron chi connectivity index (χ4n) is 2.17. The molecule has 0 aromatic heterocycles. The van der Waals surface area contributed by atoms with Crippen molar-refractivity contribution in [3.8, 4) is 0 Å². The Morgan fingerprint density at radius 2 is 2.16 bits per heavy atom. The van der Waals surface area contributed by atoms with Crippen molar-refractivity contribution in [2.45, 2.75) is 38.5 Å². The summed E-state index contributed by atoms with van der Waals surface area (Å²) in [5.41, 5.74) is 2.51. The summed E-state index contributed by atoms with van der Waals surface area (Å²) in [6.45, 7) is 2.99. The highest BCUT2D eigenvalue weighted by atomic mass is 35.5. The predicted octanol–water partition coefficient (Wildman–Crippen LogP) is 1.01. The molecule has 0 fully saturated rings. The van der Waals surface area contributed by atoms with Crippen LogP contribution in [-0.4, -0.2) is 29.7 Å². The van der Waals surface area contributed by atoms with E-state index in [0.29, 0.717) is 13.0 Å². The lowest BCUT2D eigenvalue weighted by molar-refractivity contribution is -0.123. The van der Waals surface area contributed by atoms with Gasteiger partial charge in [0.25, 0.3) is 0 Å². The molecule has 4 nitrogen and oxygen atoms in total. The maximum atomic E-state index is 11.9. The van der Waals surface area contributed by atoms with E-state index >= 15 is 0 Å². The topological polar surface area (TPSA) is 61.4 Å². The standard InChI is InChI=1S/C14H20N2O2.ClH/c1-10(17)6-7-15-14(18)13-8-11-4-2-3-5-12(11)9-16-13;/h2-5,10,13,16-17H,6-9H2,1H3,(H,15,18);1H. The molecule has 106 valence electrons. The van der Waals surface area contributed by atoms with E-state index in [1.165, 1.54) is 11.1 Å². The molecule has 0 bridgehead atoms. The summed E-state index contributed by atoms with van der Waals surface area (Å²) in [6, 6.07) is 8.03. The van der Waals surface area contributed by atoms with E-state index in [0.717, 1.165) is 13.0 Å². The number of halogens is 1. The van der Waals surface area contributed by atoms with Crippen LogP contribution in [0.4, 0.5) is 0 Å². The number of carbonyl (C=O) groups excluding carboxylic acids is 1. The van der Waals surface area contributed by atoms with Gasteiger partial charge in [0.15, 0.2) is 0 Å². The van der Waals surface area contributed by atoms with Crippen molar-refractivity contribution in [2.75, 3.05) is 6.54 Å². The maximum absolute atomic E-state index is 11.9. The number of nitrogens with one attached hydrogen (secondary N) is 2. The van der Waals surface area contributed by atoms with Gasteiger partial charge >= 0.3 is 0 Å². The molecule has 1 aromatic rings. The summed E-state index contributed by atoms with van der Waals surface area (Å²) in [5.74, 6) is 0.0187. The molecule has 2 unspecified atom stereocenters. The summed E-state index contributed by atoms with van der Waals surface area (Å²) in [7, 11) is 0. The number of hydrogen-bond acceptors (Lipinski definition) is 3. The lowest BCUT2D eigenvalue weighted by atomic mass is 9.95. The number of hydrogen-bond donors (Lipinski definition) is 3. The summed E-state index contributed by atoms with van der Waals surface area (Å²) >= 11 is 0. The van der Waals surface area contributed by atoms with Gasteiger partial charge in [-0.2, -0.15) is 0 Å². The fourth-order valence-corrected chi connectivity index (χ4v) is 2.17. The first-order valence-electron chi connectivity index (χ1n) is 6.43. The third kappa shape index (κ3) is 4.49. The SMILES string of the molecule is CC(O)CCNC(=O)C1Cc2ccccc2CN1.Cl. The van der Waals surface area contributed by atoms with Crippen LogP contribution in [0.2, 0.25) is 0 Å². The van der Waals surface area contributed by atoms with E-state index in [-0.39, 0.29) is 30.5 Å². The predicted molar refractivity (Wildman–Crippen MR) is 77.3 cm³/mol. The molecule has 5 heteroatoms. The minimum atomic E-state index is -0.370. The van der Waals surface area contributed by atoms with Crippen LogP contribution in [0.3, 0.4) is 0 Å². The highest BCUT2D eigenvalue weighted by Crippen LogP contribution is 2.16. The van der Waals surface area contributed by atoms with Crippen LogP contribution >= 0.6 is 12.4 Å². The molecular formula is C14H21ClN2O2. The molecular weight excluding hydrogens is 264 g/mol. The van der Waals surface area contributed by atoms with Crippen molar-refractivity contribution in [2.24, 2.45) is 0 Å². The van der Waals surface area contributed by atoms with Crippen molar-refractivity contribution in [3.05, 3.63) is 35.4 Å². The van der Waals surface area contributed by atoms with Crippen LogP contribution in [0.25, 0.3) is 0 Å². The van der Waals surface area contributed by atoms with Gasteiger partial charge in [0.1, 0.15) is 0 Å². The van der Waals surface area contributed by atoms with Gasteiger partial charge in [-0.3, -0.25) is 4.79 Å². The van der Waals surface area contributed by atoms with E-state index in [2.05, 4.69) is 22.8 Å². The van der Waals surface area contributed by atoms with E-state index in [9.17, 15) is 4.79 Å². The van der Waals surface area contributed by atoms with Crippen molar-refractivity contribution < 1.29 is 9.90 Å². The number of fused-ring (bicyclic) bond motifs is 1. The van der Waals surface area contributed by atoms with Gasteiger partial charge in [-0.05, 0) is 30.9 Å². The van der Waals surface area contributed by atoms with Gasteiger partial charge < -0.3 is 15.7 Å². The van der Waals surface area contributed by atoms with Crippen LogP contribution in [0.5, 0.6) is 0 Å². The second kappa shape index (κ2) is 7.48. The zero-order valence-corrected chi connectivity index (χ0v) is 11.9. The lowest BCUT2D eigenvalue weighted by Gasteiger charge is -2.25. The molecule has 0 aliphatic carbocycles. The molecule has 0 saturated carbocycles. The molecule has 0 radical (unpaired) electrons. The van der Waals surface area contributed by atoms with Crippen molar-refractivity contribution in [1.29, 1.82) is 0 Å². The number of amides is 1. The normalized spacial score (nSPS) is 18.9. The summed E-state index contributed by atoms with van der Waals surface area (Å²) < 4.78 is 0. The van der Waals surface area contributed by atoms with Crippen LogP contribution in [0.15, 0.2) is 24.3 Å². The van der Waals surface area contributed by atoms with Crippen LogP contribution in [0, 0.1) is 0 Å². The molecule has 0 saturated heterocycles. The van der Waals surface area contributed by atoms with E-state index in [4.69, 9.17) is 5.11 Å². The Kier molecular flexibility index (Phi) is 6.28. The molecule has 1 heterocycles. The average Bonchev–Trinajstić information content (AvgIpc) is 2.37. The van der Waals surface area contributed by atoms with Crippen molar-refractivity contribution >= 4 is 18.3 Å². The first kappa shape index (κ1) is 16.0. The zero-order chi connectivity index (χ0) is 13.0. The maximum Gasteiger partial charge on any atom is 0.237 e. The lowest BCUT2D eigenvalue weighted by Crippen LogP contribution is -2.48. The quantitative estimate of drug-likeness (QED) is 0.773. The monoisotopic (exact) mass is 284 g/mol. The van der Waals surface area contributed by atoms with Crippen LogP contribution in [0.1, 0.15) is 24.5 Å². The first-order valence-corrected chi connectivity index (χ1v) is 6.43. The fraction of sp³-hybridized carbons (Fsp3) is 0.500. The Balaban J connectivity index is 0.00000180. The molecule has 0 spiro atoms. The molecule has 1 aliphatic rings. The van der Waals surface area contributed by atoms with Gasteiger partial charge in [0.05, 0.1) is 12.1 Å². The zero-order valence-electron chi connectivity index (χ0n) is 11.1.